The summed E-state index contributed by atoms with van der Waals surface area (Å²) in [6, 6.07) is 5.92. The van der Waals surface area contributed by atoms with Crippen molar-refractivity contribution in [1.82, 2.24) is 14.8 Å². The van der Waals surface area contributed by atoms with Gasteiger partial charge in [0.25, 0.3) is 0 Å². The van der Waals surface area contributed by atoms with Crippen LogP contribution in [0.3, 0.4) is 0 Å². The summed E-state index contributed by atoms with van der Waals surface area (Å²) >= 11 is 1.95. The molecule has 0 atom stereocenters. The van der Waals surface area contributed by atoms with E-state index >= 15 is 0 Å². The first-order chi connectivity index (χ1) is 13.7. The number of anilines is 1. The molecule has 7 nitrogen and oxygen atoms in total. The Kier molecular flexibility index (Phi) is 6.19. The summed E-state index contributed by atoms with van der Waals surface area (Å²) in [7, 11) is 0. The van der Waals surface area contributed by atoms with Gasteiger partial charge in [0.05, 0.1) is 5.56 Å². The number of aromatic nitrogens is 1. The van der Waals surface area contributed by atoms with E-state index in [0.717, 1.165) is 56.6 Å². The van der Waals surface area contributed by atoms with Gasteiger partial charge in [0.15, 0.2) is 0 Å². The minimum absolute atomic E-state index is 0.0987. The van der Waals surface area contributed by atoms with Gasteiger partial charge in [-0.25, -0.2) is 9.78 Å². The molecular formula is C20H26N4O3S. The second-order valence-electron chi connectivity index (χ2n) is 7.22. The fourth-order valence-electron chi connectivity index (χ4n) is 3.69. The van der Waals surface area contributed by atoms with Gasteiger partial charge in [0, 0.05) is 75.6 Å². The Hall–Kier alpha value is -2.03. The first-order valence-corrected chi connectivity index (χ1v) is 10.9. The molecule has 0 saturated carbocycles. The molecule has 4 heterocycles. The average molecular weight is 403 g/mol. The second kappa shape index (κ2) is 8.98. The second-order valence-corrected chi connectivity index (χ2v) is 8.44. The Balaban J connectivity index is 1.40. The molecule has 2 aromatic rings. The Labute approximate surface area is 169 Å². The molecule has 2 fully saturated rings. The van der Waals surface area contributed by atoms with Crippen LogP contribution >= 0.6 is 11.8 Å². The maximum absolute atomic E-state index is 12.3. The number of hydrogen-bond acceptors (Lipinski definition) is 8. The van der Waals surface area contributed by atoms with Gasteiger partial charge < -0.3 is 14.4 Å². The van der Waals surface area contributed by atoms with Gasteiger partial charge >= 0.3 is 5.63 Å². The Morgan fingerprint density at radius 1 is 1.04 bits per heavy atom. The van der Waals surface area contributed by atoms with E-state index in [0.29, 0.717) is 24.2 Å². The van der Waals surface area contributed by atoms with Crippen LogP contribution < -0.4 is 10.5 Å². The third-order valence-electron chi connectivity index (χ3n) is 5.37. The molecule has 0 aliphatic carbocycles. The van der Waals surface area contributed by atoms with E-state index in [9.17, 15) is 9.90 Å². The van der Waals surface area contributed by atoms with Crippen molar-refractivity contribution in [3.63, 3.8) is 0 Å². The molecular weight excluding hydrogens is 376 g/mol. The fraction of sp³-hybridized carbons (Fsp3) is 0.500. The molecule has 0 bridgehead atoms. The van der Waals surface area contributed by atoms with E-state index < -0.39 is 5.63 Å². The summed E-state index contributed by atoms with van der Waals surface area (Å²) in [4.78, 5) is 23.4. The first kappa shape index (κ1) is 19.3. The number of nitrogens with zero attached hydrogens (tertiary/aromatic N) is 4. The van der Waals surface area contributed by atoms with Gasteiger partial charge in [-0.05, 0) is 12.1 Å². The first-order valence-electron chi connectivity index (χ1n) is 9.71. The topological polar surface area (TPSA) is 73.1 Å². The van der Waals surface area contributed by atoms with E-state index in [1.54, 1.807) is 6.20 Å². The Bertz CT molecular complexity index is 831. The van der Waals surface area contributed by atoms with Crippen LogP contribution in [-0.4, -0.2) is 70.7 Å². The minimum Gasteiger partial charge on any atom is -0.507 e. The average Bonchev–Trinajstić information content (AvgIpc) is 2.75. The maximum Gasteiger partial charge on any atom is 0.343 e. The number of thioether (sulfide) groups is 1. The van der Waals surface area contributed by atoms with Crippen LogP contribution in [0.2, 0.25) is 0 Å². The zero-order valence-electron chi connectivity index (χ0n) is 15.9. The molecule has 150 valence electrons. The molecule has 0 spiro atoms. The number of pyridine rings is 1. The lowest BCUT2D eigenvalue weighted by Gasteiger charge is -2.35. The molecule has 0 aromatic carbocycles. The van der Waals surface area contributed by atoms with E-state index in [1.807, 2.05) is 30.0 Å². The molecule has 1 N–H and O–H groups in total. The number of hydrogen-bond donors (Lipinski definition) is 1. The van der Waals surface area contributed by atoms with Gasteiger partial charge in [-0.15, -0.1) is 0 Å². The summed E-state index contributed by atoms with van der Waals surface area (Å²) in [6.45, 7) is 6.32. The van der Waals surface area contributed by atoms with Crippen molar-refractivity contribution in [1.29, 1.82) is 0 Å². The van der Waals surface area contributed by atoms with Crippen molar-refractivity contribution in [2.24, 2.45) is 0 Å². The lowest BCUT2D eigenvalue weighted by Crippen LogP contribution is -2.46. The predicted octanol–water partition coefficient (Wildman–Crippen LogP) is 1.61. The number of piperazine rings is 1. The van der Waals surface area contributed by atoms with Crippen LogP contribution in [0.1, 0.15) is 11.1 Å². The van der Waals surface area contributed by atoms with Gasteiger partial charge in [0.2, 0.25) is 0 Å². The summed E-state index contributed by atoms with van der Waals surface area (Å²) in [6.07, 6.45) is 3.22. The van der Waals surface area contributed by atoms with Gasteiger partial charge in [0.1, 0.15) is 17.8 Å². The maximum atomic E-state index is 12.3. The molecule has 4 rings (SSSR count). The van der Waals surface area contributed by atoms with Gasteiger partial charge in [-0.3, -0.25) is 9.80 Å². The predicted molar refractivity (Wildman–Crippen MR) is 111 cm³/mol. The molecule has 0 unspecified atom stereocenters. The van der Waals surface area contributed by atoms with Gasteiger partial charge in [-0.1, -0.05) is 6.07 Å². The molecule has 2 aromatic heterocycles. The third-order valence-corrected chi connectivity index (χ3v) is 6.31. The van der Waals surface area contributed by atoms with Crippen LogP contribution in [0.15, 0.2) is 39.9 Å². The SMILES string of the molecule is O=c1occ(CN2CCSCC2)c(O)c1CN1CCN(c2ccccn2)CC1. The normalized spacial score (nSPS) is 19.1. The van der Waals surface area contributed by atoms with Crippen LogP contribution in [-0.2, 0) is 13.1 Å². The largest absolute Gasteiger partial charge is 0.507 e. The zero-order valence-corrected chi connectivity index (χ0v) is 16.7. The monoisotopic (exact) mass is 402 g/mol. The van der Waals surface area contributed by atoms with Crippen molar-refractivity contribution >= 4 is 17.6 Å². The summed E-state index contributed by atoms with van der Waals surface area (Å²) < 4.78 is 5.25. The Morgan fingerprint density at radius 3 is 2.50 bits per heavy atom. The van der Waals surface area contributed by atoms with Crippen molar-refractivity contribution in [3.05, 3.63) is 52.2 Å². The lowest BCUT2D eigenvalue weighted by atomic mass is 10.1. The van der Waals surface area contributed by atoms with Crippen molar-refractivity contribution in [2.45, 2.75) is 13.1 Å². The van der Waals surface area contributed by atoms with Crippen LogP contribution in [0.4, 0.5) is 5.82 Å². The molecule has 28 heavy (non-hydrogen) atoms. The van der Waals surface area contributed by atoms with Crippen LogP contribution in [0, 0.1) is 0 Å². The highest BCUT2D eigenvalue weighted by atomic mass is 32.2. The van der Waals surface area contributed by atoms with E-state index in [1.165, 1.54) is 6.26 Å². The third kappa shape index (κ3) is 4.51. The van der Waals surface area contributed by atoms with Crippen molar-refractivity contribution < 1.29 is 9.52 Å². The highest BCUT2D eigenvalue weighted by Gasteiger charge is 2.23. The molecule has 0 radical (unpaired) electrons. The number of rotatable bonds is 5. The van der Waals surface area contributed by atoms with Crippen molar-refractivity contribution in [2.75, 3.05) is 55.7 Å². The smallest absolute Gasteiger partial charge is 0.343 e. The van der Waals surface area contributed by atoms with E-state index in [-0.39, 0.29) is 5.75 Å². The molecule has 8 heteroatoms. The lowest BCUT2D eigenvalue weighted by molar-refractivity contribution is 0.239. The van der Waals surface area contributed by atoms with Crippen molar-refractivity contribution in [3.8, 4) is 5.75 Å². The van der Waals surface area contributed by atoms with E-state index in [4.69, 9.17) is 4.42 Å². The molecule has 2 saturated heterocycles. The minimum atomic E-state index is -0.442. The Morgan fingerprint density at radius 2 is 1.79 bits per heavy atom. The molecule has 2 aliphatic heterocycles. The van der Waals surface area contributed by atoms with Crippen LogP contribution in [0.25, 0.3) is 0 Å². The highest BCUT2D eigenvalue weighted by Crippen LogP contribution is 2.24. The molecule has 2 aliphatic rings. The standard InChI is InChI=1S/C20H26N4O3S/c25-19-16(13-23-9-11-28-12-10-23)15-27-20(26)17(19)14-22-5-7-24(8-6-22)18-3-1-2-4-21-18/h1-4,15,25H,5-14H2. The van der Waals surface area contributed by atoms with Crippen LogP contribution in [0.5, 0.6) is 5.75 Å². The molecule has 0 amide bonds. The summed E-state index contributed by atoms with van der Waals surface area (Å²) in [5, 5.41) is 10.7. The highest BCUT2D eigenvalue weighted by molar-refractivity contribution is 7.99. The number of aromatic hydroxyl groups is 1. The zero-order chi connectivity index (χ0) is 19.3. The summed E-state index contributed by atoms with van der Waals surface area (Å²) in [5.74, 6) is 3.28. The summed E-state index contributed by atoms with van der Waals surface area (Å²) in [5.41, 5.74) is 0.631. The quantitative estimate of drug-likeness (QED) is 0.809. The fourth-order valence-corrected chi connectivity index (χ4v) is 4.67. The van der Waals surface area contributed by atoms with Gasteiger partial charge in [-0.2, -0.15) is 11.8 Å². The van der Waals surface area contributed by atoms with E-state index in [2.05, 4.69) is 19.7 Å².